The fourth-order valence-corrected chi connectivity index (χ4v) is 2.57. The van der Waals surface area contributed by atoms with Crippen LogP contribution in [0.15, 0.2) is 30.6 Å². The average molecular weight is 374 g/mol. The van der Waals surface area contributed by atoms with Crippen LogP contribution in [0.25, 0.3) is 0 Å². The Balaban J connectivity index is 1.77. The second-order valence-electron chi connectivity index (χ2n) is 5.56. The summed E-state index contributed by atoms with van der Waals surface area (Å²) in [7, 11) is 1.52. The first kappa shape index (κ1) is 18.3. The number of anilines is 2. The Kier molecular flexibility index (Phi) is 5.61. The predicted molar refractivity (Wildman–Crippen MR) is 95.8 cm³/mol. The van der Waals surface area contributed by atoms with Crippen molar-refractivity contribution < 1.29 is 19.2 Å². The van der Waals surface area contributed by atoms with Crippen molar-refractivity contribution in [2.75, 3.05) is 43.7 Å². The molecule has 0 radical (unpaired) electrons. The zero-order valence-corrected chi connectivity index (χ0v) is 14.5. The van der Waals surface area contributed by atoms with Crippen LogP contribution in [0.3, 0.4) is 0 Å². The number of hydrogen-bond acceptors (Lipinski definition) is 9. The molecule has 3 rings (SSSR count). The Morgan fingerprint density at radius 1 is 1.26 bits per heavy atom. The van der Waals surface area contributed by atoms with Crippen molar-refractivity contribution in [2.45, 2.75) is 0 Å². The number of carbonyl (C=O) groups excluding carboxylic acids is 1. The van der Waals surface area contributed by atoms with Crippen molar-refractivity contribution in [3.8, 4) is 5.75 Å². The van der Waals surface area contributed by atoms with E-state index in [0.717, 1.165) is 0 Å². The zero-order chi connectivity index (χ0) is 19.2. The Hall–Kier alpha value is -3.47. The third-order valence-electron chi connectivity index (χ3n) is 3.94. The minimum absolute atomic E-state index is 0.0987. The van der Waals surface area contributed by atoms with Crippen molar-refractivity contribution in [3.05, 3.63) is 46.3 Å². The molecule has 1 saturated heterocycles. The number of amides is 1. The van der Waals surface area contributed by atoms with E-state index < -0.39 is 10.8 Å². The number of rotatable bonds is 6. The van der Waals surface area contributed by atoms with Gasteiger partial charge in [0.05, 0.1) is 25.2 Å². The van der Waals surface area contributed by atoms with Crippen molar-refractivity contribution in [1.29, 1.82) is 0 Å². The summed E-state index contributed by atoms with van der Waals surface area (Å²) in [5.74, 6) is 0.220. The number of nitrogens with zero attached hydrogens (tertiary/aromatic N) is 4. The van der Waals surface area contributed by atoms with E-state index in [9.17, 15) is 14.9 Å². The first-order chi connectivity index (χ1) is 13.1. The molecule has 2 N–H and O–H groups in total. The highest BCUT2D eigenvalue weighted by atomic mass is 16.6. The molecule has 1 fully saturated rings. The summed E-state index contributed by atoms with van der Waals surface area (Å²) >= 11 is 0. The lowest BCUT2D eigenvalue weighted by molar-refractivity contribution is -0.383. The molecule has 0 bridgehead atoms. The zero-order valence-electron chi connectivity index (χ0n) is 14.5. The molecular formula is C16H18N6O5. The summed E-state index contributed by atoms with van der Waals surface area (Å²) in [6.45, 7) is 1.88. The third-order valence-corrected chi connectivity index (χ3v) is 3.94. The van der Waals surface area contributed by atoms with Gasteiger partial charge in [-0.1, -0.05) is 0 Å². The number of carbonyl (C=O) groups is 1. The topological polar surface area (TPSA) is 132 Å². The van der Waals surface area contributed by atoms with E-state index in [0.29, 0.717) is 37.6 Å². The van der Waals surface area contributed by atoms with Gasteiger partial charge in [0.15, 0.2) is 0 Å². The molecule has 27 heavy (non-hydrogen) atoms. The molecule has 1 aliphatic heterocycles. The Labute approximate surface area is 154 Å². The summed E-state index contributed by atoms with van der Waals surface area (Å²) in [4.78, 5) is 32.9. The van der Waals surface area contributed by atoms with Gasteiger partial charge in [-0.2, -0.15) is 0 Å². The molecule has 0 unspecified atom stereocenters. The number of ether oxygens (including phenoxy) is 2. The number of nitrogens with one attached hydrogen (secondary N) is 2. The highest BCUT2D eigenvalue weighted by Crippen LogP contribution is 2.31. The number of benzene rings is 1. The van der Waals surface area contributed by atoms with Gasteiger partial charge in [-0.05, 0) is 24.3 Å². The molecule has 0 saturated carbocycles. The number of morpholine rings is 1. The van der Waals surface area contributed by atoms with E-state index >= 15 is 0 Å². The van der Waals surface area contributed by atoms with E-state index in [1.54, 1.807) is 29.2 Å². The highest BCUT2D eigenvalue weighted by Gasteiger charge is 2.28. The molecule has 1 aromatic heterocycles. The maximum Gasteiger partial charge on any atom is 0.355 e. The van der Waals surface area contributed by atoms with Crippen LogP contribution in [0.5, 0.6) is 5.75 Å². The maximum absolute atomic E-state index is 12.2. The maximum atomic E-state index is 12.2. The van der Waals surface area contributed by atoms with E-state index in [2.05, 4.69) is 20.8 Å². The largest absolute Gasteiger partial charge is 0.497 e. The fraction of sp³-hybridized carbons (Fsp3) is 0.312. The third kappa shape index (κ3) is 4.20. The normalized spacial score (nSPS) is 13.7. The second kappa shape index (κ2) is 8.27. The summed E-state index contributed by atoms with van der Waals surface area (Å²) < 4.78 is 10.3. The number of aromatic nitrogens is 2. The molecule has 2 aromatic rings. The molecular weight excluding hydrogens is 356 g/mol. The Bertz CT molecular complexity index is 823. The summed E-state index contributed by atoms with van der Waals surface area (Å²) in [5, 5.41) is 11.6. The van der Waals surface area contributed by atoms with Crippen molar-refractivity contribution in [1.82, 2.24) is 15.4 Å². The molecule has 2 heterocycles. The smallest absolute Gasteiger partial charge is 0.355 e. The van der Waals surface area contributed by atoms with Gasteiger partial charge in [-0.3, -0.25) is 25.8 Å². The highest BCUT2D eigenvalue weighted by molar-refractivity contribution is 5.95. The molecule has 11 nitrogen and oxygen atoms in total. The van der Waals surface area contributed by atoms with Gasteiger partial charge in [0.2, 0.25) is 11.6 Å². The van der Waals surface area contributed by atoms with Crippen LogP contribution in [0.1, 0.15) is 10.4 Å². The van der Waals surface area contributed by atoms with Crippen LogP contribution >= 0.6 is 0 Å². The molecule has 1 amide bonds. The van der Waals surface area contributed by atoms with Gasteiger partial charge in [0, 0.05) is 18.7 Å². The predicted octanol–water partition coefficient (Wildman–Crippen LogP) is 0.987. The molecule has 0 aliphatic carbocycles. The number of hydrazine groups is 1. The van der Waals surface area contributed by atoms with Crippen LogP contribution in [0, 0.1) is 10.1 Å². The lowest BCUT2D eigenvalue weighted by Crippen LogP contribution is -2.37. The molecule has 1 aliphatic rings. The molecule has 1 aromatic carbocycles. The van der Waals surface area contributed by atoms with Gasteiger partial charge in [-0.15, -0.1) is 0 Å². The fourth-order valence-electron chi connectivity index (χ4n) is 2.57. The van der Waals surface area contributed by atoms with Gasteiger partial charge in [0.1, 0.15) is 12.1 Å². The lowest BCUT2D eigenvalue weighted by atomic mass is 10.2. The number of nitro groups is 1. The van der Waals surface area contributed by atoms with Gasteiger partial charge >= 0.3 is 5.69 Å². The number of methoxy groups -OCH3 is 1. The van der Waals surface area contributed by atoms with Crippen molar-refractivity contribution >= 4 is 23.2 Å². The van der Waals surface area contributed by atoms with E-state index in [1.165, 1.54) is 13.4 Å². The lowest BCUT2D eigenvalue weighted by Gasteiger charge is -2.27. The Morgan fingerprint density at radius 2 is 1.96 bits per heavy atom. The summed E-state index contributed by atoms with van der Waals surface area (Å²) in [6.07, 6.45) is 1.21. The van der Waals surface area contributed by atoms with E-state index in [1.807, 2.05) is 0 Å². The van der Waals surface area contributed by atoms with Crippen LogP contribution < -0.4 is 20.5 Å². The van der Waals surface area contributed by atoms with Crippen LogP contribution in [-0.2, 0) is 4.74 Å². The molecule has 0 spiro atoms. The quantitative estimate of drug-likeness (QED) is 0.561. The molecule has 0 atom stereocenters. The van der Waals surface area contributed by atoms with Crippen LogP contribution in [0.2, 0.25) is 0 Å². The molecule has 11 heteroatoms. The monoisotopic (exact) mass is 374 g/mol. The SMILES string of the molecule is COc1ccc(C(=O)NNc2ncnc(N3CCOCC3)c2[N+](=O)[O-])cc1. The van der Waals surface area contributed by atoms with Crippen LogP contribution in [0.4, 0.5) is 17.3 Å². The minimum Gasteiger partial charge on any atom is -0.497 e. The van der Waals surface area contributed by atoms with Gasteiger partial charge < -0.3 is 14.4 Å². The minimum atomic E-state index is -0.577. The van der Waals surface area contributed by atoms with Crippen LogP contribution in [-0.4, -0.2) is 54.2 Å². The van der Waals surface area contributed by atoms with Gasteiger partial charge in [0.25, 0.3) is 5.91 Å². The Morgan fingerprint density at radius 3 is 2.59 bits per heavy atom. The second-order valence-corrected chi connectivity index (χ2v) is 5.56. The van der Waals surface area contributed by atoms with Gasteiger partial charge in [-0.25, -0.2) is 9.97 Å². The summed E-state index contributed by atoms with van der Waals surface area (Å²) in [6, 6.07) is 6.42. The van der Waals surface area contributed by atoms with Crippen molar-refractivity contribution in [3.63, 3.8) is 0 Å². The number of hydrogen-bond donors (Lipinski definition) is 2. The molecule has 142 valence electrons. The van der Waals surface area contributed by atoms with E-state index in [4.69, 9.17) is 9.47 Å². The summed E-state index contributed by atoms with van der Waals surface area (Å²) in [5.41, 5.74) is 4.97. The van der Waals surface area contributed by atoms with Crippen molar-refractivity contribution in [2.24, 2.45) is 0 Å². The standard InChI is InChI=1S/C16H18N6O5/c1-26-12-4-2-11(3-5-12)16(23)20-19-14-13(22(24)25)15(18-10-17-14)21-6-8-27-9-7-21/h2-5,10H,6-9H2,1H3,(H,20,23)(H,17,18,19). The first-order valence-electron chi connectivity index (χ1n) is 8.12. The average Bonchev–Trinajstić information content (AvgIpc) is 2.72. The van der Waals surface area contributed by atoms with E-state index in [-0.39, 0.29) is 17.3 Å². The first-order valence-corrected chi connectivity index (χ1v) is 8.12.